The van der Waals surface area contributed by atoms with E-state index in [9.17, 15) is 4.79 Å². The van der Waals surface area contributed by atoms with Gasteiger partial charge < -0.3 is 5.73 Å². The molecule has 18 heavy (non-hydrogen) atoms. The molecule has 1 aromatic carbocycles. The van der Waals surface area contributed by atoms with Gasteiger partial charge in [0.1, 0.15) is 0 Å². The van der Waals surface area contributed by atoms with Gasteiger partial charge >= 0.3 is 0 Å². The van der Waals surface area contributed by atoms with Gasteiger partial charge in [-0.2, -0.15) is 0 Å². The van der Waals surface area contributed by atoms with Crippen molar-refractivity contribution in [2.24, 2.45) is 5.73 Å². The molecule has 0 spiro atoms. The Labute approximate surface area is 111 Å². The Hall–Kier alpha value is -1.10. The van der Waals surface area contributed by atoms with Crippen molar-refractivity contribution in [1.29, 1.82) is 0 Å². The van der Waals surface area contributed by atoms with E-state index in [1.54, 1.807) is 24.3 Å². The fourth-order valence-electron chi connectivity index (χ4n) is 2.04. The lowest BCUT2D eigenvalue weighted by atomic mass is 9.94. The first-order valence-corrected chi connectivity index (χ1v) is 6.50. The van der Waals surface area contributed by atoms with Crippen LogP contribution in [0.1, 0.15) is 36.0 Å². The van der Waals surface area contributed by atoms with Crippen molar-refractivity contribution < 1.29 is 9.63 Å². The lowest BCUT2D eigenvalue weighted by Gasteiger charge is -2.25. The van der Waals surface area contributed by atoms with Gasteiger partial charge in [-0.25, -0.2) is 5.48 Å². The van der Waals surface area contributed by atoms with Crippen molar-refractivity contribution in [2.45, 2.75) is 37.8 Å². The molecule has 0 saturated heterocycles. The summed E-state index contributed by atoms with van der Waals surface area (Å²) in [6, 6.07) is 7.15. The average Bonchev–Trinajstić information content (AvgIpc) is 2.38. The zero-order valence-electron chi connectivity index (χ0n) is 10.1. The highest BCUT2D eigenvalue weighted by atomic mass is 35.5. The first kappa shape index (κ1) is 13.3. The van der Waals surface area contributed by atoms with Crippen LogP contribution in [0, 0.1) is 0 Å². The van der Waals surface area contributed by atoms with Crippen molar-refractivity contribution in [3.8, 4) is 0 Å². The second kappa shape index (κ2) is 6.18. The summed E-state index contributed by atoms with van der Waals surface area (Å²) in [6.07, 6.45) is 3.68. The number of amides is 1. The molecule has 5 heteroatoms. The Morgan fingerprint density at radius 2 is 1.94 bits per heavy atom. The Bertz CT molecular complexity index is 417. The summed E-state index contributed by atoms with van der Waals surface area (Å²) >= 11 is 5.93. The van der Waals surface area contributed by atoms with Crippen LogP contribution in [0.15, 0.2) is 24.3 Å². The lowest BCUT2D eigenvalue weighted by molar-refractivity contribution is -0.0331. The summed E-state index contributed by atoms with van der Waals surface area (Å²) in [6.45, 7) is 0. The third-order valence-electron chi connectivity index (χ3n) is 3.16. The molecule has 1 fully saturated rings. The largest absolute Gasteiger partial charge is 0.328 e. The van der Waals surface area contributed by atoms with Crippen LogP contribution in [0.5, 0.6) is 0 Å². The van der Waals surface area contributed by atoms with E-state index in [1.165, 1.54) is 0 Å². The van der Waals surface area contributed by atoms with Crippen molar-refractivity contribution in [3.05, 3.63) is 34.9 Å². The molecule has 0 heterocycles. The lowest BCUT2D eigenvalue weighted by Crippen LogP contribution is -2.35. The van der Waals surface area contributed by atoms with E-state index in [2.05, 4.69) is 5.48 Å². The Morgan fingerprint density at radius 1 is 1.28 bits per heavy atom. The number of carbonyl (C=O) groups is 1. The summed E-state index contributed by atoms with van der Waals surface area (Å²) < 4.78 is 0. The summed E-state index contributed by atoms with van der Waals surface area (Å²) in [5.41, 5.74) is 8.69. The predicted octanol–water partition coefficient (Wildman–Crippen LogP) is 2.27. The third-order valence-corrected chi connectivity index (χ3v) is 3.49. The van der Waals surface area contributed by atoms with Crippen LogP contribution in [0.3, 0.4) is 0 Å². The standard InChI is InChI=1S/C13H17ClN2O2/c14-12-4-2-1-3-11(12)13(17)16-18-10-7-5-9(15)6-8-10/h1-4,9-10H,5-8,15H2,(H,16,17). The minimum atomic E-state index is -0.310. The van der Waals surface area contributed by atoms with Crippen molar-refractivity contribution >= 4 is 17.5 Å². The normalized spacial score (nSPS) is 23.7. The van der Waals surface area contributed by atoms with Gasteiger partial charge in [0, 0.05) is 6.04 Å². The smallest absolute Gasteiger partial charge is 0.276 e. The molecule has 0 bridgehead atoms. The zero-order valence-corrected chi connectivity index (χ0v) is 10.8. The Kier molecular flexibility index (Phi) is 4.58. The van der Waals surface area contributed by atoms with E-state index < -0.39 is 0 Å². The van der Waals surface area contributed by atoms with Gasteiger partial charge in [-0.05, 0) is 37.8 Å². The van der Waals surface area contributed by atoms with E-state index in [0.29, 0.717) is 10.6 Å². The Morgan fingerprint density at radius 3 is 2.61 bits per heavy atom. The van der Waals surface area contributed by atoms with Crippen LogP contribution in [-0.2, 0) is 4.84 Å². The van der Waals surface area contributed by atoms with E-state index >= 15 is 0 Å². The molecule has 0 aliphatic heterocycles. The van der Waals surface area contributed by atoms with Crippen LogP contribution in [-0.4, -0.2) is 18.1 Å². The maximum absolute atomic E-state index is 11.8. The topological polar surface area (TPSA) is 64.3 Å². The molecule has 4 nitrogen and oxygen atoms in total. The highest BCUT2D eigenvalue weighted by Gasteiger charge is 2.20. The van der Waals surface area contributed by atoms with Crippen molar-refractivity contribution in [1.82, 2.24) is 5.48 Å². The zero-order chi connectivity index (χ0) is 13.0. The van der Waals surface area contributed by atoms with Gasteiger partial charge in [0.05, 0.1) is 16.7 Å². The molecule has 98 valence electrons. The number of nitrogens with two attached hydrogens (primary N) is 1. The van der Waals surface area contributed by atoms with Gasteiger partial charge in [0.15, 0.2) is 0 Å². The van der Waals surface area contributed by atoms with Crippen LogP contribution in [0.2, 0.25) is 5.02 Å². The van der Waals surface area contributed by atoms with Gasteiger partial charge in [0.25, 0.3) is 5.91 Å². The SMILES string of the molecule is NC1CCC(ONC(=O)c2ccccc2Cl)CC1. The number of rotatable bonds is 3. The molecule has 0 atom stereocenters. The van der Waals surface area contributed by atoms with Gasteiger partial charge in [-0.3, -0.25) is 9.63 Å². The predicted molar refractivity (Wildman–Crippen MR) is 70.2 cm³/mol. The second-order valence-electron chi connectivity index (χ2n) is 4.57. The molecular formula is C13H17ClN2O2. The first-order valence-electron chi connectivity index (χ1n) is 6.13. The number of hydrogen-bond donors (Lipinski definition) is 2. The molecule has 1 saturated carbocycles. The minimum absolute atomic E-state index is 0.0521. The summed E-state index contributed by atoms with van der Waals surface area (Å²) in [4.78, 5) is 17.2. The second-order valence-corrected chi connectivity index (χ2v) is 4.97. The molecule has 1 aromatic rings. The Balaban J connectivity index is 1.84. The van der Waals surface area contributed by atoms with E-state index in [1.807, 2.05) is 0 Å². The summed E-state index contributed by atoms with van der Waals surface area (Å²) in [5.74, 6) is -0.310. The number of carbonyl (C=O) groups excluding carboxylic acids is 1. The van der Waals surface area contributed by atoms with Crippen LogP contribution < -0.4 is 11.2 Å². The van der Waals surface area contributed by atoms with Gasteiger partial charge in [-0.15, -0.1) is 0 Å². The molecule has 0 radical (unpaired) electrons. The molecule has 1 amide bonds. The van der Waals surface area contributed by atoms with Crippen LogP contribution in [0.25, 0.3) is 0 Å². The number of hydrogen-bond acceptors (Lipinski definition) is 3. The van der Waals surface area contributed by atoms with Crippen LogP contribution in [0.4, 0.5) is 0 Å². The molecule has 2 rings (SSSR count). The molecule has 1 aliphatic rings. The number of nitrogens with one attached hydrogen (secondary N) is 1. The van der Waals surface area contributed by atoms with Crippen LogP contribution >= 0.6 is 11.6 Å². The summed E-state index contributed by atoms with van der Waals surface area (Å²) in [7, 11) is 0. The fourth-order valence-corrected chi connectivity index (χ4v) is 2.27. The molecule has 0 aromatic heterocycles. The number of hydroxylamine groups is 1. The van der Waals surface area contributed by atoms with E-state index in [0.717, 1.165) is 25.7 Å². The fraction of sp³-hybridized carbons (Fsp3) is 0.462. The molecular weight excluding hydrogens is 252 g/mol. The van der Waals surface area contributed by atoms with E-state index in [4.69, 9.17) is 22.2 Å². The van der Waals surface area contributed by atoms with Crippen molar-refractivity contribution in [2.75, 3.05) is 0 Å². The maximum Gasteiger partial charge on any atom is 0.276 e. The first-order chi connectivity index (χ1) is 8.66. The van der Waals surface area contributed by atoms with E-state index in [-0.39, 0.29) is 18.1 Å². The van der Waals surface area contributed by atoms with Gasteiger partial charge in [-0.1, -0.05) is 23.7 Å². The van der Waals surface area contributed by atoms with Gasteiger partial charge in [0.2, 0.25) is 0 Å². The molecule has 0 unspecified atom stereocenters. The third kappa shape index (κ3) is 3.45. The molecule has 1 aliphatic carbocycles. The summed E-state index contributed by atoms with van der Waals surface area (Å²) in [5, 5.41) is 0.421. The molecule has 3 N–H and O–H groups in total. The number of benzene rings is 1. The highest BCUT2D eigenvalue weighted by molar-refractivity contribution is 6.33. The minimum Gasteiger partial charge on any atom is -0.328 e. The van der Waals surface area contributed by atoms with Crippen molar-refractivity contribution in [3.63, 3.8) is 0 Å². The quantitative estimate of drug-likeness (QED) is 0.827. The highest BCUT2D eigenvalue weighted by Crippen LogP contribution is 2.19. The number of halogens is 1. The average molecular weight is 269 g/mol. The maximum atomic E-state index is 11.8. The monoisotopic (exact) mass is 268 g/mol.